The number of nitrogens with one attached hydrogen (secondary N) is 1. The molecule has 122 valence electrons. The van der Waals surface area contributed by atoms with Gasteiger partial charge in [-0.3, -0.25) is 4.79 Å². The highest BCUT2D eigenvalue weighted by atomic mass is 16.4. The lowest BCUT2D eigenvalue weighted by Crippen LogP contribution is -2.49. The van der Waals surface area contributed by atoms with E-state index < -0.39 is 11.5 Å². The van der Waals surface area contributed by atoms with Crippen molar-refractivity contribution in [3.8, 4) is 0 Å². The fourth-order valence-electron chi connectivity index (χ4n) is 4.30. The van der Waals surface area contributed by atoms with Crippen LogP contribution in [0.15, 0.2) is 0 Å². The third-order valence-electron chi connectivity index (χ3n) is 5.52. The summed E-state index contributed by atoms with van der Waals surface area (Å²) < 4.78 is 0. The van der Waals surface area contributed by atoms with Crippen molar-refractivity contribution in [3.05, 3.63) is 0 Å². The molecule has 0 aromatic heterocycles. The number of nitrogens with zero attached hydrogens (tertiary/aromatic N) is 1. The van der Waals surface area contributed by atoms with Gasteiger partial charge in [-0.05, 0) is 71.0 Å². The lowest BCUT2D eigenvalue weighted by molar-refractivity contribution is -0.144. The average molecular weight is 296 g/mol. The van der Waals surface area contributed by atoms with Gasteiger partial charge in [0.05, 0.1) is 0 Å². The maximum absolute atomic E-state index is 11.4. The van der Waals surface area contributed by atoms with E-state index in [-0.39, 0.29) is 0 Å². The standard InChI is InChI=1S/C17H32N2O2/c1-3-18-17(2,16(20)21)11-7-13-19-12-6-10-15(19)14-8-4-5-9-14/h14-15,18H,3-13H2,1-2H3,(H,20,21). The molecule has 1 heterocycles. The molecule has 0 aromatic rings. The zero-order valence-electron chi connectivity index (χ0n) is 13.7. The summed E-state index contributed by atoms with van der Waals surface area (Å²) in [6, 6.07) is 0.780. The summed E-state index contributed by atoms with van der Waals surface area (Å²) in [5, 5.41) is 12.5. The van der Waals surface area contributed by atoms with Gasteiger partial charge in [-0.15, -0.1) is 0 Å². The Bertz CT molecular complexity index is 342. The van der Waals surface area contributed by atoms with Crippen LogP contribution in [0.2, 0.25) is 0 Å². The summed E-state index contributed by atoms with van der Waals surface area (Å²) in [6.07, 6.45) is 10.00. The minimum Gasteiger partial charge on any atom is -0.480 e. The number of hydrogen-bond acceptors (Lipinski definition) is 3. The number of likely N-dealkylation sites (tertiary alicyclic amines) is 1. The van der Waals surface area contributed by atoms with Crippen molar-refractivity contribution in [2.24, 2.45) is 5.92 Å². The Hall–Kier alpha value is -0.610. The second-order valence-corrected chi connectivity index (χ2v) is 7.06. The van der Waals surface area contributed by atoms with Crippen LogP contribution in [0.5, 0.6) is 0 Å². The molecule has 0 spiro atoms. The van der Waals surface area contributed by atoms with E-state index in [0.29, 0.717) is 13.0 Å². The molecule has 4 heteroatoms. The van der Waals surface area contributed by atoms with Gasteiger partial charge in [-0.1, -0.05) is 19.8 Å². The molecule has 2 rings (SSSR count). The third-order valence-corrected chi connectivity index (χ3v) is 5.52. The van der Waals surface area contributed by atoms with E-state index >= 15 is 0 Å². The van der Waals surface area contributed by atoms with Crippen molar-refractivity contribution in [1.82, 2.24) is 10.2 Å². The molecule has 1 saturated carbocycles. The van der Waals surface area contributed by atoms with Gasteiger partial charge >= 0.3 is 5.97 Å². The van der Waals surface area contributed by atoms with Crippen LogP contribution in [-0.2, 0) is 4.79 Å². The third kappa shape index (κ3) is 4.19. The van der Waals surface area contributed by atoms with E-state index in [2.05, 4.69) is 10.2 Å². The fourth-order valence-corrected chi connectivity index (χ4v) is 4.30. The summed E-state index contributed by atoms with van der Waals surface area (Å²) in [5.41, 5.74) is -0.767. The lowest BCUT2D eigenvalue weighted by Gasteiger charge is -2.31. The fraction of sp³-hybridized carbons (Fsp3) is 0.941. The molecule has 2 fully saturated rings. The molecule has 0 bridgehead atoms. The molecule has 2 N–H and O–H groups in total. The summed E-state index contributed by atoms with van der Waals surface area (Å²) in [6.45, 7) is 6.77. The molecule has 1 aliphatic carbocycles. The minimum absolute atomic E-state index is 0.706. The number of hydrogen-bond donors (Lipinski definition) is 2. The molecule has 1 aliphatic heterocycles. The monoisotopic (exact) mass is 296 g/mol. The van der Waals surface area contributed by atoms with Crippen LogP contribution in [0.25, 0.3) is 0 Å². The van der Waals surface area contributed by atoms with Crippen LogP contribution in [0.3, 0.4) is 0 Å². The topological polar surface area (TPSA) is 52.6 Å². The van der Waals surface area contributed by atoms with Gasteiger partial charge in [0.25, 0.3) is 0 Å². The molecule has 2 unspecified atom stereocenters. The molecule has 2 aliphatic rings. The predicted octanol–water partition coefficient (Wildman–Crippen LogP) is 2.87. The highest BCUT2D eigenvalue weighted by molar-refractivity contribution is 5.78. The first-order valence-electron chi connectivity index (χ1n) is 8.79. The van der Waals surface area contributed by atoms with Crippen molar-refractivity contribution in [2.75, 3.05) is 19.6 Å². The number of carboxylic acids is 1. The zero-order chi connectivity index (χ0) is 15.3. The van der Waals surface area contributed by atoms with E-state index in [4.69, 9.17) is 0 Å². The SMILES string of the molecule is CCNC(C)(CCCN1CCCC1C1CCCC1)C(=O)O. The Balaban J connectivity index is 1.80. The van der Waals surface area contributed by atoms with Crippen LogP contribution in [0.1, 0.15) is 65.2 Å². The van der Waals surface area contributed by atoms with Crippen molar-refractivity contribution in [2.45, 2.75) is 76.8 Å². The first-order chi connectivity index (χ1) is 10.1. The second kappa shape index (κ2) is 7.59. The van der Waals surface area contributed by atoms with Crippen LogP contribution < -0.4 is 5.32 Å². The van der Waals surface area contributed by atoms with Crippen LogP contribution >= 0.6 is 0 Å². The Kier molecular flexibility index (Phi) is 6.06. The van der Waals surface area contributed by atoms with Gasteiger partial charge in [0.1, 0.15) is 5.54 Å². The molecular weight excluding hydrogens is 264 g/mol. The smallest absolute Gasteiger partial charge is 0.323 e. The van der Waals surface area contributed by atoms with Crippen molar-refractivity contribution < 1.29 is 9.90 Å². The molecule has 4 nitrogen and oxygen atoms in total. The Labute approximate surface area is 129 Å². The highest BCUT2D eigenvalue weighted by Gasteiger charge is 2.35. The Morgan fingerprint density at radius 2 is 2.00 bits per heavy atom. The lowest BCUT2D eigenvalue weighted by atomic mass is 9.94. The molecule has 0 amide bonds. The second-order valence-electron chi connectivity index (χ2n) is 7.06. The minimum atomic E-state index is -0.767. The van der Waals surface area contributed by atoms with Crippen LogP contribution in [0, 0.1) is 5.92 Å². The quantitative estimate of drug-likeness (QED) is 0.723. The number of carboxylic acid groups (broad SMARTS) is 1. The van der Waals surface area contributed by atoms with Gasteiger partial charge in [0.2, 0.25) is 0 Å². The summed E-state index contributed by atoms with van der Waals surface area (Å²) in [5.74, 6) is 0.185. The molecule has 2 atom stereocenters. The predicted molar refractivity (Wildman–Crippen MR) is 85.5 cm³/mol. The van der Waals surface area contributed by atoms with E-state index in [9.17, 15) is 9.90 Å². The summed E-state index contributed by atoms with van der Waals surface area (Å²) in [7, 11) is 0. The number of carbonyl (C=O) groups is 1. The van der Waals surface area contributed by atoms with Crippen molar-refractivity contribution >= 4 is 5.97 Å². The molecule has 21 heavy (non-hydrogen) atoms. The molecular formula is C17H32N2O2. The maximum atomic E-state index is 11.4. The maximum Gasteiger partial charge on any atom is 0.323 e. The van der Waals surface area contributed by atoms with Crippen LogP contribution in [0.4, 0.5) is 0 Å². The van der Waals surface area contributed by atoms with E-state index in [1.54, 1.807) is 0 Å². The number of rotatable bonds is 8. The van der Waals surface area contributed by atoms with Gasteiger partial charge in [0, 0.05) is 6.04 Å². The molecule has 1 saturated heterocycles. The Morgan fingerprint density at radius 3 is 2.62 bits per heavy atom. The number of aliphatic carboxylic acids is 1. The Morgan fingerprint density at radius 1 is 1.29 bits per heavy atom. The molecule has 0 aromatic carbocycles. The first kappa shape index (κ1) is 16.8. The zero-order valence-corrected chi connectivity index (χ0v) is 13.7. The van der Waals surface area contributed by atoms with Gasteiger partial charge < -0.3 is 15.3 Å². The van der Waals surface area contributed by atoms with Gasteiger partial charge in [-0.2, -0.15) is 0 Å². The number of likely N-dealkylation sites (N-methyl/N-ethyl adjacent to an activating group) is 1. The van der Waals surface area contributed by atoms with Crippen molar-refractivity contribution in [1.29, 1.82) is 0 Å². The van der Waals surface area contributed by atoms with E-state index in [0.717, 1.165) is 24.9 Å². The van der Waals surface area contributed by atoms with Crippen molar-refractivity contribution in [3.63, 3.8) is 0 Å². The average Bonchev–Trinajstić information content (AvgIpc) is 3.08. The normalized spacial score (nSPS) is 27.0. The van der Waals surface area contributed by atoms with Gasteiger partial charge in [0.15, 0.2) is 0 Å². The molecule has 0 radical (unpaired) electrons. The van der Waals surface area contributed by atoms with E-state index in [1.165, 1.54) is 45.1 Å². The van der Waals surface area contributed by atoms with Crippen LogP contribution in [-0.4, -0.2) is 47.2 Å². The largest absolute Gasteiger partial charge is 0.480 e. The summed E-state index contributed by atoms with van der Waals surface area (Å²) >= 11 is 0. The van der Waals surface area contributed by atoms with E-state index in [1.807, 2.05) is 13.8 Å². The van der Waals surface area contributed by atoms with Gasteiger partial charge in [-0.25, -0.2) is 0 Å². The highest BCUT2D eigenvalue weighted by Crippen LogP contribution is 2.35. The summed E-state index contributed by atoms with van der Waals surface area (Å²) in [4.78, 5) is 14.1. The first-order valence-corrected chi connectivity index (χ1v) is 8.79.